The van der Waals surface area contributed by atoms with Gasteiger partial charge in [0, 0.05) is 45.5 Å². The Hall–Kier alpha value is -2.48. The standard InChI is InChI=1S/C26H32Cl2N6O/c27-21-4-3-6-23(25(21)28)32-14-12-31(13-15-32)17-19-7-9-20(10-8-19)18-33(26(29)35)24-16-30-34-11-2-1-5-22(24)34/h1-6,11,16,19-20H,7-10,12-15,17-18H2,(H2,29,35)/t19-,20-. The number of primary amides is 1. The van der Waals surface area contributed by atoms with Gasteiger partial charge in [-0.3, -0.25) is 9.80 Å². The second kappa shape index (κ2) is 10.6. The average Bonchev–Trinajstić information content (AvgIpc) is 3.29. The molecule has 186 valence electrons. The van der Waals surface area contributed by atoms with Crippen LogP contribution >= 0.6 is 23.2 Å². The minimum absolute atomic E-state index is 0.413. The first-order valence-corrected chi connectivity index (χ1v) is 13.2. The molecule has 3 aromatic rings. The van der Waals surface area contributed by atoms with E-state index < -0.39 is 6.03 Å². The Balaban J connectivity index is 1.11. The molecule has 1 saturated carbocycles. The van der Waals surface area contributed by atoms with E-state index in [1.165, 1.54) is 12.8 Å². The summed E-state index contributed by atoms with van der Waals surface area (Å²) in [6, 6.07) is 11.3. The minimum atomic E-state index is -0.413. The third-order valence-corrected chi connectivity index (χ3v) is 8.34. The van der Waals surface area contributed by atoms with E-state index >= 15 is 0 Å². The van der Waals surface area contributed by atoms with Crippen LogP contribution in [0.5, 0.6) is 0 Å². The van der Waals surface area contributed by atoms with Crippen molar-refractivity contribution in [3.05, 3.63) is 58.8 Å². The molecule has 1 aliphatic heterocycles. The SMILES string of the molecule is NC(=O)N(C[C@H]1CC[C@H](CN2CCN(c3cccc(Cl)c3Cl)CC2)CC1)c1cnn2ccccc12. The molecule has 0 unspecified atom stereocenters. The highest BCUT2D eigenvalue weighted by molar-refractivity contribution is 6.43. The van der Waals surface area contributed by atoms with Gasteiger partial charge in [-0.2, -0.15) is 5.10 Å². The summed E-state index contributed by atoms with van der Waals surface area (Å²) in [5.74, 6) is 1.16. The lowest BCUT2D eigenvalue weighted by molar-refractivity contribution is 0.174. The number of fused-ring (bicyclic) bond motifs is 1. The maximum atomic E-state index is 12.3. The Morgan fingerprint density at radius 3 is 2.49 bits per heavy atom. The lowest BCUT2D eigenvalue weighted by Crippen LogP contribution is -2.48. The van der Waals surface area contributed by atoms with Gasteiger partial charge in [0.15, 0.2) is 0 Å². The highest BCUT2D eigenvalue weighted by Gasteiger charge is 2.28. The predicted octanol–water partition coefficient (Wildman–Crippen LogP) is 5.15. The van der Waals surface area contributed by atoms with Crippen LogP contribution in [-0.4, -0.2) is 59.8 Å². The molecule has 0 radical (unpaired) electrons. The number of urea groups is 1. The van der Waals surface area contributed by atoms with Crippen LogP contribution in [0.2, 0.25) is 10.0 Å². The van der Waals surface area contributed by atoms with Crippen LogP contribution in [0.1, 0.15) is 25.7 Å². The molecule has 35 heavy (non-hydrogen) atoms. The summed E-state index contributed by atoms with van der Waals surface area (Å²) in [5.41, 5.74) is 8.50. The number of carbonyl (C=O) groups is 1. The van der Waals surface area contributed by atoms with Gasteiger partial charge in [0.2, 0.25) is 0 Å². The van der Waals surface area contributed by atoms with Gasteiger partial charge >= 0.3 is 6.03 Å². The van der Waals surface area contributed by atoms with Crippen molar-refractivity contribution in [3.8, 4) is 0 Å². The lowest BCUT2D eigenvalue weighted by atomic mass is 9.81. The number of aromatic nitrogens is 2. The lowest BCUT2D eigenvalue weighted by Gasteiger charge is -2.39. The number of nitrogens with two attached hydrogens (primary N) is 1. The Morgan fingerprint density at radius 1 is 1.00 bits per heavy atom. The van der Waals surface area contributed by atoms with Gasteiger partial charge in [-0.05, 0) is 61.8 Å². The van der Waals surface area contributed by atoms with E-state index in [1.807, 2.05) is 42.6 Å². The number of carbonyl (C=O) groups excluding carboxylic acids is 1. The molecule has 2 N–H and O–H groups in total. The topological polar surface area (TPSA) is 70.1 Å². The van der Waals surface area contributed by atoms with E-state index in [9.17, 15) is 4.79 Å². The third-order valence-electron chi connectivity index (χ3n) is 7.53. The first-order valence-electron chi connectivity index (χ1n) is 12.4. The predicted molar refractivity (Wildman–Crippen MR) is 143 cm³/mol. The van der Waals surface area contributed by atoms with E-state index in [0.29, 0.717) is 28.4 Å². The fourth-order valence-corrected chi connectivity index (χ4v) is 5.98. The first kappa shape index (κ1) is 24.2. The number of nitrogens with zero attached hydrogens (tertiary/aromatic N) is 5. The number of benzene rings is 1. The number of hydrogen-bond donors (Lipinski definition) is 1. The largest absolute Gasteiger partial charge is 0.368 e. The van der Waals surface area contributed by atoms with Gasteiger partial charge in [0.25, 0.3) is 0 Å². The molecule has 1 aliphatic carbocycles. The number of pyridine rings is 1. The molecule has 2 aliphatic rings. The highest BCUT2D eigenvalue weighted by Crippen LogP contribution is 2.34. The van der Waals surface area contributed by atoms with Crippen molar-refractivity contribution in [3.63, 3.8) is 0 Å². The van der Waals surface area contributed by atoms with Gasteiger partial charge in [0.05, 0.1) is 33.1 Å². The second-order valence-corrected chi connectivity index (χ2v) is 10.5. The van der Waals surface area contributed by atoms with Crippen LogP contribution in [0.4, 0.5) is 16.2 Å². The van der Waals surface area contributed by atoms with Crippen molar-refractivity contribution in [2.45, 2.75) is 25.7 Å². The van der Waals surface area contributed by atoms with Gasteiger partial charge in [-0.15, -0.1) is 0 Å². The number of anilines is 2. The quantitative estimate of drug-likeness (QED) is 0.493. The third kappa shape index (κ3) is 5.37. The molecule has 1 aromatic carbocycles. The normalized spacial score (nSPS) is 21.4. The van der Waals surface area contributed by atoms with Gasteiger partial charge in [0.1, 0.15) is 0 Å². The van der Waals surface area contributed by atoms with Crippen LogP contribution < -0.4 is 15.5 Å². The summed E-state index contributed by atoms with van der Waals surface area (Å²) >= 11 is 12.6. The molecule has 9 heteroatoms. The summed E-state index contributed by atoms with van der Waals surface area (Å²) < 4.78 is 1.78. The Labute approximate surface area is 216 Å². The van der Waals surface area contributed by atoms with Crippen LogP contribution in [0, 0.1) is 11.8 Å². The fourth-order valence-electron chi connectivity index (χ4n) is 5.56. The van der Waals surface area contributed by atoms with Gasteiger partial charge in [-0.1, -0.05) is 35.3 Å². The van der Waals surface area contributed by atoms with Crippen LogP contribution in [0.3, 0.4) is 0 Å². The number of piperazine rings is 1. The zero-order chi connectivity index (χ0) is 24.4. The molecule has 0 spiro atoms. The van der Waals surface area contributed by atoms with Crippen molar-refractivity contribution in [1.82, 2.24) is 14.5 Å². The molecular weight excluding hydrogens is 483 g/mol. The summed E-state index contributed by atoms with van der Waals surface area (Å²) in [5, 5.41) is 5.63. The number of rotatable bonds is 6. The van der Waals surface area contributed by atoms with E-state index in [4.69, 9.17) is 28.9 Å². The average molecular weight is 515 g/mol. The minimum Gasteiger partial charge on any atom is -0.368 e. The van der Waals surface area contributed by atoms with E-state index in [-0.39, 0.29) is 0 Å². The fraction of sp³-hybridized carbons (Fsp3) is 0.462. The molecule has 0 bridgehead atoms. The van der Waals surface area contributed by atoms with Crippen molar-refractivity contribution in [2.75, 3.05) is 49.1 Å². The van der Waals surface area contributed by atoms with Crippen LogP contribution in [0.15, 0.2) is 48.8 Å². The van der Waals surface area contributed by atoms with Crippen LogP contribution in [0.25, 0.3) is 5.52 Å². The summed E-state index contributed by atoms with van der Waals surface area (Å²) in [6.45, 7) is 5.78. The Bertz CT molecular complexity index is 1170. The first-order chi connectivity index (χ1) is 17.0. The Morgan fingerprint density at radius 2 is 1.74 bits per heavy atom. The zero-order valence-electron chi connectivity index (χ0n) is 19.8. The maximum absolute atomic E-state index is 12.3. The smallest absolute Gasteiger partial charge is 0.319 e. The molecule has 0 atom stereocenters. The van der Waals surface area contributed by atoms with Gasteiger partial charge in [-0.25, -0.2) is 9.31 Å². The molecule has 3 heterocycles. The van der Waals surface area contributed by atoms with E-state index in [2.05, 4.69) is 14.9 Å². The monoisotopic (exact) mass is 514 g/mol. The number of halogens is 2. The Kier molecular flexibility index (Phi) is 7.37. The van der Waals surface area contributed by atoms with Gasteiger partial charge < -0.3 is 10.6 Å². The second-order valence-electron chi connectivity index (χ2n) is 9.76. The van der Waals surface area contributed by atoms with Crippen molar-refractivity contribution >= 4 is 46.1 Å². The maximum Gasteiger partial charge on any atom is 0.319 e. The molecule has 2 fully saturated rings. The summed E-state index contributed by atoms with van der Waals surface area (Å²) in [7, 11) is 0. The number of amides is 2. The van der Waals surface area contributed by atoms with Crippen molar-refractivity contribution in [2.24, 2.45) is 17.6 Å². The molecule has 5 rings (SSSR count). The summed E-state index contributed by atoms with van der Waals surface area (Å²) in [4.78, 5) is 18.9. The highest BCUT2D eigenvalue weighted by atomic mass is 35.5. The number of hydrogen-bond acceptors (Lipinski definition) is 4. The van der Waals surface area contributed by atoms with E-state index in [1.54, 1.807) is 15.6 Å². The summed E-state index contributed by atoms with van der Waals surface area (Å²) in [6.07, 6.45) is 8.23. The van der Waals surface area contributed by atoms with Crippen molar-refractivity contribution < 1.29 is 4.79 Å². The molecule has 2 aromatic heterocycles. The molecule has 1 saturated heterocycles. The van der Waals surface area contributed by atoms with Crippen LogP contribution in [-0.2, 0) is 0 Å². The van der Waals surface area contributed by atoms with E-state index in [0.717, 1.165) is 62.5 Å². The molecular formula is C26H32Cl2N6O. The zero-order valence-corrected chi connectivity index (χ0v) is 21.3. The van der Waals surface area contributed by atoms with Crippen molar-refractivity contribution in [1.29, 1.82) is 0 Å². The molecule has 2 amide bonds. The molecule has 7 nitrogen and oxygen atoms in total.